The number of fused-ring (bicyclic) bond motifs is 1. The van der Waals surface area contributed by atoms with Crippen molar-refractivity contribution in [1.82, 2.24) is 24.0 Å². The second kappa shape index (κ2) is 10.1. The van der Waals surface area contributed by atoms with Crippen molar-refractivity contribution in [3.63, 3.8) is 0 Å². The Balaban J connectivity index is 0.00000145. The molecule has 0 amide bonds. The van der Waals surface area contributed by atoms with Crippen molar-refractivity contribution in [2.24, 2.45) is 0 Å². The molecule has 0 radical (unpaired) electrons. The fourth-order valence-corrected chi connectivity index (χ4v) is 2.97. The average Bonchev–Trinajstić information content (AvgIpc) is 3.28. The second-order valence-corrected chi connectivity index (χ2v) is 6.59. The summed E-state index contributed by atoms with van der Waals surface area (Å²) in [6.45, 7) is 8.42. The van der Waals surface area contributed by atoms with Crippen LogP contribution in [0.3, 0.4) is 0 Å². The van der Waals surface area contributed by atoms with Gasteiger partial charge in [0.05, 0.1) is 0 Å². The Morgan fingerprint density at radius 3 is 2.24 bits per heavy atom. The van der Waals surface area contributed by atoms with Crippen molar-refractivity contribution < 1.29 is 13.6 Å². The van der Waals surface area contributed by atoms with Crippen molar-refractivity contribution >= 4 is 23.7 Å². The van der Waals surface area contributed by atoms with Crippen molar-refractivity contribution in [3.8, 4) is 5.75 Å². The van der Waals surface area contributed by atoms with Gasteiger partial charge in [0.25, 0.3) is 5.56 Å². The van der Waals surface area contributed by atoms with Gasteiger partial charge in [0.1, 0.15) is 12.0 Å². The molecule has 10 nitrogen and oxygen atoms in total. The largest absolute Gasteiger partial charge is 0.368 e. The second-order valence-electron chi connectivity index (χ2n) is 6.59. The van der Waals surface area contributed by atoms with E-state index in [1.165, 1.54) is 15.6 Å². The Labute approximate surface area is 172 Å². The Morgan fingerprint density at radius 2 is 1.69 bits per heavy atom. The molecule has 0 saturated heterocycles. The highest BCUT2D eigenvalue weighted by Crippen LogP contribution is 2.23. The van der Waals surface area contributed by atoms with Crippen molar-refractivity contribution in [2.45, 2.75) is 66.5 Å². The maximum absolute atomic E-state index is 13.0. The fourth-order valence-electron chi connectivity index (χ4n) is 2.97. The van der Waals surface area contributed by atoms with Gasteiger partial charge in [-0.1, -0.05) is 31.8 Å². The third-order valence-electron chi connectivity index (χ3n) is 4.51. The first-order chi connectivity index (χ1) is 14.0. The lowest BCUT2D eigenvalue weighted by Gasteiger charge is -2.12. The van der Waals surface area contributed by atoms with Crippen molar-refractivity contribution in [1.29, 1.82) is 0 Å². The van der Waals surface area contributed by atoms with Crippen molar-refractivity contribution in [2.75, 3.05) is 0 Å². The third kappa shape index (κ3) is 4.44. The van der Waals surface area contributed by atoms with Gasteiger partial charge in [0.2, 0.25) is 5.75 Å². The first kappa shape index (κ1) is 22.5. The van der Waals surface area contributed by atoms with E-state index in [-0.39, 0.29) is 11.2 Å². The first-order valence-electron chi connectivity index (χ1n) is 9.48. The number of hydrogen-bond acceptors (Lipinski definition) is 8. The van der Waals surface area contributed by atoms with Crippen LogP contribution < -0.4 is 16.1 Å². The van der Waals surface area contributed by atoms with E-state index in [9.17, 15) is 9.59 Å². The minimum Gasteiger partial charge on any atom is -0.368 e. The molecular formula is C18H25N5O5S. The molecular weight excluding hydrogens is 398 g/mol. The topological polar surface area (TPSA) is 114 Å². The van der Waals surface area contributed by atoms with Gasteiger partial charge in [-0.05, 0) is 19.8 Å². The molecule has 0 saturated carbocycles. The third-order valence-corrected chi connectivity index (χ3v) is 4.51. The molecule has 0 aromatic carbocycles. The van der Waals surface area contributed by atoms with Gasteiger partial charge in [-0.25, -0.2) is 9.78 Å². The molecule has 11 heteroatoms. The summed E-state index contributed by atoms with van der Waals surface area (Å²) in [7, 11) is 0. The van der Waals surface area contributed by atoms with E-state index in [0.717, 1.165) is 25.7 Å². The molecule has 0 fully saturated rings. The summed E-state index contributed by atoms with van der Waals surface area (Å²) in [6, 6.07) is 0. The summed E-state index contributed by atoms with van der Waals surface area (Å²) in [6.07, 6.45) is 4.78. The van der Waals surface area contributed by atoms with Gasteiger partial charge in [0, 0.05) is 20.0 Å². The number of aryl methyl sites for hydroxylation is 3. The maximum Gasteiger partial charge on any atom is 0.332 e. The molecule has 0 atom stereocenters. The average molecular weight is 423 g/mol. The highest BCUT2D eigenvalue weighted by Gasteiger charge is 2.20. The molecule has 3 aromatic rings. The summed E-state index contributed by atoms with van der Waals surface area (Å²) < 4.78 is 17.1. The molecule has 29 heavy (non-hydrogen) atoms. The molecule has 0 aliphatic carbocycles. The van der Waals surface area contributed by atoms with Crippen LogP contribution in [0.1, 0.15) is 51.0 Å². The zero-order valence-corrected chi connectivity index (χ0v) is 17.8. The van der Waals surface area contributed by atoms with Crippen molar-refractivity contribution in [3.05, 3.63) is 38.6 Å². The van der Waals surface area contributed by atoms with Crippen LogP contribution in [-0.4, -0.2) is 28.2 Å². The molecule has 0 unspecified atom stereocenters. The molecule has 3 rings (SSSR count). The summed E-state index contributed by atoms with van der Waals surface area (Å²) in [5, 5.41) is 3.86. The summed E-state index contributed by atoms with van der Waals surface area (Å²) >= 11 is 2.83. The van der Waals surface area contributed by atoms with E-state index in [0.29, 0.717) is 35.9 Å². The summed E-state index contributed by atoms with van der Waals surface area (Å²) in [4.78, 5) is 36.0. The standard InChI is InChI=1S/C18H25N5O4.OS/c1-5-7-9-21-16-14(17(24)22(18(21)25)10-8-6-2)23(11-19-16)27-15-12(3)20-26-13(15)4;1-2/h11H,5-10H2,1-4H3;. The van der Waals surface area contributed by atoms with E-state index >= 15 is 0 Å². The van der Waals surface area contributed by atoms with E-state index in [2.05, 4.69) is 29.6 Å². The number of nitrogens with zero attached hydrogens (tertiary/aromatic N) is 5. The quantitative estimate of drug-likeness (QED) is 0.541. The van der Waals surface area contributed by atoms with Crippen LogP contribution in [-0.2, 0) is 25.6 Å². The number of hydrogen-bond donors (Lipinski definition) is 0. The minimum atomic E-state index is -0.402. The van der Waals surface area contributed by atoms with Gasteiger partial charge in [-0.15, -0.1) is 0 Å². The number of aromatic nitrogens is 5. The van der Waals surface area contributed by atoms with E-state index in [1.807, 2.05) is 6.92 Å². The van der Waals surface area contributed by atoms with Crippen LogP contribution >= 0.6 is 0 Å². The predicted octanol–water partition coefficient (Wildman–Crippen LogP) is 2.07. The molecule has 3 aromatic heterocycles. The molecule has 0 N–H and O–H groups in total. The Hall–Kier alpha value is -2.82. The zero-order valence-electron chi connectivity index (χ0n) is 17.0. The maximum atomic E-state index is 13.0. The van der Waals surface area contributed by atoms with Crippen LogP contribution in [0.15, 0.2) is 20.4 Å². The molecule has 0 aliphatic rings. The van der Waals surface area contributed by atoms with Crippen LogP contribution in [0, 0.1) is 13.8 Å². The fraction of sp³-hybridized carbons (Fsp3) is 0.556. The van der Waals surface area contributed by atoms with Gasteiger partial charge < -0.3 is 9.36 Å². The number of rotatable bonds is 8. The Kier molecular flexibility index (Phi) is 7.82. The normalized spacial score (nSPS) is 10.8. The zero-order chi connectivity index (χ0) is 21.6. The monoisotopic (exact) mass is 423 g/mol. The van der Waals surface area contributed by atoms with Crippen LogP contribution in [0.2, 0.25) is 0 Å². The van der Waals surface area contributed by atoms with Crippen LogP contribution in [0.5, 0.6) is 5.75 Å². The minimum absolute atomic E-state index is 0.238. The Bertz CT molecular complexity index is 1060. The van der Waals surface area contributed by atoms with Crippen LogP contribution in [0.25, 0.3) is 11.2 Å². The lowest BCUT2D eigenvalue weighted by Crippen LogP contribution is -2.41. The van der Waals surface area contributed by atoms with Gasteiger partial charge in [-0.3, -0.25) is 13.9 Å². The summed E-state index contributed by atoms with van der Waals surface area (Å²) in [5.74, 6) is 0.931. The van der Waals surface area contributed by atoms with Gasteiger partial charge in [0.15, 0.2) is 29.5 Å². The molecule has 0 bridgehead atoms. The van der Waals surface area contributed by atoms with Gasteiger partial charge in [-0.2, -0.15) is 8.94 Å². The number of imidazole rings is 1. The number of unbranched alkanes of at least 4 members (excludes halogenated alkanes) is 2. The van der Waals surface area contributed by atoms with E-state index in [1.54, 1.807) is 18.4 Å². The highest BCUT2D eigenvalue weighted by molar-refractivity contribution is 7.44. The first-order valence-corrected chi connectivity index (χ1v) is 9.81. The molecule has 158 valence electrons. The molecule has 3 heterocycles. The Morgan fingerprint density at radius 1 is 1.07 bits per heavy atom. The lowest BCUT2D eigenvalue weighted by atomic mass is 10.3. The predicted molar refractivity (Wildman–Crippen MR) is 108 cm³/mol. The lowest BCUT2D eigenvalue weighted by molar-refractivity contribution is 0.219. The van der Waals surface area contributed by atoms with Gasteiger partial charge >= 0.3 is 5.69 Å². The smallest absolute Gasteiger partial charge is 0.332 e. The summed E-state index contributed by atoms with van der Waals surface area (Å²) in [5.41, 5.74) is 0.414. The highest BCUT2D eigenvalue weighted by atomic mass is 32.1. The van der Waals surface area contributed by atoms with Crippen LogP contribution in [0.4, 0.5) is 0 Å². The molecule has 0 spiro atoms. The van der Waals surface area contributed by atoms with E-state index in [4.69, 9.17) is 13.6 Å². The molecule has 0 aliphatic heterocycles. The SMILES string of the molecule is CCCCn1c(=O)c2c(ncn2Oc2c(C)noc2C)n(CCCC)c1=O.O=S. The van der Waals surface area contributed by atoms with E-state index < -0.39 is 5.56 Å².